The zero-order chi connectivity index (χ0) is 13.7. The van der Waals surface area contributed by atoms with E-state index in [2.05, 4.69) is 20.2 Å². The van der Waals surface area contributed by atoms with Gasteiger partial charge in [-0.2, -0.15) is 0 Å². The van der Waals surface area contributed by atoms with Gasteiger partial charge in [0.15, 0.2) is 0 Å². The largest absolute Gasteiger partial charge is 0.477 e. The summed E-state index contributed by atoms with van der Waals surface area (Å²) in [4.78, 5) is 19.4. The van der Waals surface area contributed by atoms with Crippen molar-refractivity contribution >= 4 is 5.97 Å². The third kappa shape index (κ3) is 3.03. The van der Waals surface area contributed by atoms with Crippen molar-refractivity contribution in [3.63, 3.8) is 0 Å². The standard InChI is InChI=1S/C11H12N4O4/c1-3-17-8-6-12-5-7(13-8)9-14-15-10(19-9)11(16)18-4-2/h5-6H,3-4H2,1-2H3. The Morgan fingerprint density at radius 3 is 2.84 bits per heavy atom. The molecule has 0 amide bonds. The van der Waals surface area contributed by atoms with Crippen LogP contribution in [0.25, 0.3) is 11.6 Å². The van der Waals surface area contributed by atoms with Crippen LogP contribution in [0.2, 0.25) is 0 Å². The Hall–Kier alpha value is -2.51. The van der Waals surface area contributed by atoms with Gasteiger partial charge in [-0.05, 0) is 13.8 Å². The lowest BCUT2D eigenvalue weighted by molar-refractivity contribution is 0.0481. The molecule has 100 valence electrons. The third-order valence-electron chi connectivity index (χ3n) is 2.00. The van der Waals surface area contributed by atoms with E-state index in [0.29, 0.717) is 18.2 Å². The molecule has 2 aromatic heterocycles. The van der Waals surface area contributed by atoms with Gasteiger partial charge in [0, 0.05) is 0 Å². The van der Waals surface area contributed by atoms with Gasteiger partial charge in [0.05, 0.1) is 25.6 Å². The van der Waals surface area contributed by atoms with Crippen LogP contribution in [0.5, 0.6) is 5.88 Å². The molecular formula is C11H12N4O4. The fourth-order valence-electron chi connectivity index (χ4n) is 1.27. The molecule has 2 heterocycles. The number of carbonyl (C=O) groups is 1. The second-order valence-corrected chi connectivity index (χ2v) is 3.31. The van der Waals surface area contributed by atoms with Crippen LogP contribution < -0.4 is 4.74 Å². The van der Waals surface area contributed by atoms with Crippen molar-refractivity contribution < 1.29 is 18.7 Å². The number of ether oxygens (including phenoxy) is 2. The molecule has 2 aromatic rings. The van der Waals surface area contributed by atoms with Gasteiger partial charge in [-0.15, -0.1) is 10.2 Å². The predicted molar refractivity (Wildman–Crippen MR) is 62.4 cm³/mol. The first-order valence-corrected chi connectivity index (χ1v) is 5.70. The van der Waals surface area contributed by atoms with Crippen molar-refractivity contribution in [3.8, 4) is 17.5 Å². The van der Waals surface area contributed by atoms with Gasteiger partial charge in [0.1, 0.15) is 5.69 Å². The van der Waals surface area contributed by atoms with Crippen LogP contribution in [0.15, 0.2) is 16.8 Å². The van der Waals surface area contributed by atoms with Gasteiger partial charge < -0.3 is 13.9 Å². The Morgan fingerprint density at radius 2 is 2.11 bits per heavy atom. The summed E-state index contributed by atoms with van der Waals surface area (Å²) in [5, 5.41) is 7.30. The van der Waals surface area contributed by atoms with Gasteiger partial charge in [0.25, 0.3) is 5.89 Å². The van der Waals surface area contributed by atoms with Crippen molar-refractivity contribution in [2.45, 2.75) is 13.8 Å². The Balaban J connectivity index is 2.22. The summed E-state index contributed by atoms with van der Waals surface area (Å²) in [5.41, 5.74) is 0.328. The first-order valence-electron chi connectivity index (χ1n) is 5.70. The number of hydrogen-bond acceptors (Lipinski definition) is 8. The van der Waals surface area contributed by atoms with Gasteiger partial charge in [-0.25, -0.2) is 9.78 Å². The average molecular weight is 264 g/mol. The predicted octanol–water partition coefficient (Wildman–Crippen LogP) is 1.10. The fraction of sp³-hybridized carbons (Fsp3) is 0.364. The molecule has 19 heavy (non-hydrogen) atoms. The van der Waals surface area contributed by atoms with E-state index in [9.17, 15) is 4.79 Å². The Kier molecular flexibility index (Phi) is 4.01. The van der Waals surface area contributed by atoms with Gasteiger partial charge in [0.2, 0.25) is 5.88 Å². The van der Waals surface area contributed by atoms with E-state index >= 15 is 0 Å². The molecule has 0 spiro atoms. The third-order valence-corrected chi connectivity index (χ3v) is 2.00. The van der Waals surface area contributed by atoms with Crippen LogP contribution in [0.3, 0.4) is 0 Å². The van der Waals surface area contributed by atoms with Crippen molar-refractivity contribution in [1.82, 2.24) is 20.2 Å². The second-order valence-electron chi connectivity index (χ2n) is 3.31. The lowest BCUT2D eigenvalue weighted by Gasteiger charge is -2.01. The monoisotopic (exact) mass is 264 g/mol. The minimum atomic E-state index is -0.671. The van der Waals surface area contributed by atoms with Gasteiger partial charge in [-0.3, -0.25) is 4.98 Å². The summed E-state index contributed by atoms with van der Waals surface area (Å²) in [7, 11) is 0. The number of rotatable bonds is 5. The van der Waals surface area contributed by atoms with Crippen LogP contribution in [0.1, 0.15) is 24.5 Å². The SMILES string of the molecule is CCOC(=O)c1nnc(-c2cncc(OCC)n2)o1. The number of esters is 1. The fourth-order valence-corrected chi connectivity index (χ4v) is 1.27. The van der Waals surface area contributed by atoms with Crippen LogP contribution >= 0.6 is 0 Å². The van der Waals surface area contributed by atoms with E-state index in [1.165, 1.54) is 12.4 Å². The topological polar surface area (TPSA) is 100 Å². The molecule has 0 fully saturated rings. The number of hydrogen-bond donors (Lipinski definition) is 0. The summed E-state index contributed by atoms with van der Waals surface area (Å²) < 4.78 is 15.1. The maximum Gasteiger partial charge on any atom is 0.396 e. The van der Waals surface area contributed by atoms with Gasteiger partial charge >= 0.3 is 11.9 Å². The van der Waals surface area contributed by atoms with E-state index in [1.807, 2.05) is 6.92 Å². The maximum absolute atomic E-state index is 11.4. The van der Waals surface area contributed by atoms with E-state index in [1.54, 1.807) is 6.92 Å². The smallest absolute Gasteiger partial charge is 0.396 e. The number of nitrogens with zero attached hydrogens (tertiary/aromatic N) is 4. The zero-order valence-electron chi connectivity index (χ0n) is 10.5. The van der Waals surface area contributed by atoms with Crippen molar-refractivity contribution in [2.24, 2.45) is 0 Å². The summed E-state index contributed by atoms with van der Waals surface area (Å²) in [6.07, 6.45) is 2.90. The van der Waals surface area contributed by atoms with Crippen molar-refractivity contribution in [1.29, 1.82) is 0 Å². The molecule has 8 heteroatoms. The Labute approximate surface area is 108 Å². The van der Waals surface area contributed by atoms with E-state index in [4.69, 9.17) is 13.9 Å². The molecule has 0 aliphatic rings. The molecule has 8 nitrogen and oxygen atoms in total. The van der Waals surface area contributed by atoms with Crippen LogP contribution in [-0.2, 0) is 4.74 Å². The molecule has 0 aliphatic heterocycles. The number of aromatic nitrogens is 4. The molecule has 0 aliphatic carbocycles. The maximum atomic E-state index is 11.4. The highest BCUT2D eigenvalue weighted by atomic mass is 16.5. The Bertz CT molecular complexity index is 569. The quantitative estimate of drug-likeness (QED) is 0.740. The molecule has 0 atom stereocenters. The molecule has 0 bridgehead atoms. The highest BCUT2D eigenvalue weighted by molar-refractivity contribution is 5.84. The Morgan fingerprint density at radius 1 is 1.26 bits per heavy atom. The summed E-state index contributed by atoms with van der Waals surface area (Å²) in [6.45, 7) is 4.22. The molecule has 0 radical (unpaired) electrons. The average Bonchev–Trinajstić information content (AvgIpc) is 2.89. The highest BCUT2D eigenvalue weighted by Gasteiger charge is 2.18. The van der Waals surface area contributed by atoms with E-state index in [-0.39, 0.29) is 18.4 Å². The minimum Gasteiger partial charge on any atom is -0.477 e. The van der Waals surface area contributed by atoms with Crippen molar-refractivity contribution in [3.05, 3.63) is 18.3 Å². The second kappa shape index (κ2) is 5.89. The van der Waals surface area contributed by atoms with Crippen LogP contribution in [-0.4, -0.2) is 39.3 Å². The van der Waals surface area contributed by atoms with Gasteiger partial charge in [-0.1, -0.05) is 0 Å². The lowest BCUT2D eigenvalue weighted by Crippen LogP contribution is -2.04. The molecule has 0 saturated heterocycles. The molecule has 0 N–H and O–H groups in total. The normalized spacial score (nSPS) is 10.2. The zero-order valence-corrected chi connectivity index (χ0v) is 10.5. The molecule has 0 saturated carbocycles. The minimum absolute atomic E-state index is 0.0807. The van der Waals surface area contributed by atoms with E-state index in [0.717, 1.165) is 0 Å². The molecule has 0 aromatic carbocycles. The molecule has 2 rings (SSSR count). The first-order chi connectivity index (χ1) is 9.24. The summed E-state index contributed by atoms with van der Waals surface area (Å²) in [6, 6.07) is 0. The first kappa shape index (κ1) is 12.9. The van der Waals surface area contributed by atoms with Crippen LogP contribution in [0.4, 0.5) is 0 Å². The molecule has 0 unspecified atom stereocenters. The highest BCUT2D eigenvalue weighted by Crippen LogP contribution is 2.17. The number of carbonyl (C=O) groups excluding carboxylic acids is 1. The van der Waals surface area contributed by atoms with Crippen LogP contribution in [0, 0.1) is 0 Å². The van der Waals surface area contributed by atoms with E-state index < -0.39 is 5.97 Å². The van der Waals surface area contributed by atoms with Crippen molar-refractivity contribution in [2.75, 3.05) is 13.2 Å². The summed E-state index contributed by atoms with van der Waals surface area (Å²) >= 11 is 0. The molecular weight excluding hydrogens is 252 g/mol. The summed E-state index contributed by atoms with van der Waals surface area (Å²) in [5.74, 6) is -0.469. The lowest BCUT2D eigenvalue weighted by atomic mass is 10.4.